The van der Waals surface area contributed by atoms with Crippen molar-refractivity contribution in [2.45, 2.75) is 96.0 Å². The number of aliphatic hydroxyl groups excluding tert-OH is 12. The van der Waals surface area contributed by atoms with Crippen LogP contribution in [-0.4, -0.2) is 294 Å². The lowest BCUT2D eigenvalue weighted by molar-refractivity contribution is -0.205. The summed E-state index contributed by atoms with van der Waals surface area (Å²) < 4.78 is 64.2. The van der Waals surface area contributed by atoms with Gasteiger partial charge in [0.25, 0.3) is 0 Å². The molecule has 12 rings (SSSR count). The quantitative estimate of drug-likeness (QED) is 0.0211. The molecule has 0 radical (unpaired) electrons. The summed E-state index contributed by atoms with van der Waals surface area (Å²) in [6.45, 7) is 2.56. The third-order valence-electron chi connectivity index (χ3n) is 18.8. The standard InChI is InChI=1S/C79H94N4O23S3/c84-43-61-68(87)71(90)74(93)77(104-61)107-40-4-27-96-32-35-101-50-13-7-49(8-14-50)67-59-25-23-57(82-59)65(47-9-15-51(16-10-47)102-36-33-97-28-30-99-38-41-108-78-75(94)72(91)69(88)62(44-85)105-78)55-21-19-53(80-55)64(46-5-2-1-3-6-46)54-20-22-56(81-54)66(58-24-26-60(67)83-58)48-11-17-52(18-12-48)103-37-34-98-29-31-100-39-42-109-79-76(95)73(92)70(89)63(45-86)106-79/h1-3,5-26,61-63,68-80,83-95H,4,27-45H2/t61?,62?,63?,68-,69?,70-,71+,72+,73+,74-,75+,76-,77?,78+,79?/m1/s1. The third-order valence-corrected chi connectivity index (χ3v) is 22.2. The molecule has 27 nitrogen and oxygen atoms in total. The summed E-state index contributed by atoms with van der Waals surface area (Å²) in [5.74, 6) is 3.31. The van der Waals surface area contributed by atoms with Crippen LogP contribution in [0.25, 0.3) is 90.9 Å². The van der Waals surface area contributed by atoms with E-state index in [1.165, 1.54) is 35.3 Å². The number of benzene rings is 4. The Bertz CT molecular complexity index is 4130. The van der Waals surface area contributed by atoms with E-state index in [1.54, 1.807) is 0 Å². The van der Waals surface area contributed by atoms with Crippen LogP contribution in [0.3, 0.4) is 0 Å². The van der Waals surface area contributed by atoms with Crippen molar-refractivity contribution < 1.29 is 113 Å². The summed E-state index contributed by atoms with van der Waals surface area (Å²) >= 11 is 3.72. The molecule has 0 spiro atoms. The van der Waals surface area contributed by atoms with Crippen LogP contribution >= 0.6 is 35.3 Å². The maximum absolute atomic E-state index is 10.4. The van der Waals surface area contributed by atoms with Gasteiger partial charge in [0.1, 0.15) is 127 Å². The van der Waals surface area contributed by atoms with Crippen LogP contribution in [0.1, 0.15) is 29.2 Å². The van der Waals surface area contributed by atoms with Crippen LogP contribution in [0.15, 0.2) is 127 Å². The largest absolute Gasteiger partial charge is 0.491 e. The molecule has 3 fully saturated rings. The summed E-state index contributed by atoms with van der Waals surface area (Å²) in [5.41, 5.74) is 10.5. The predicted octanol–water partition coefficient (Wildman–Crippen LogP) is 5.53. The molecule has 3 saturated heterocycles. The number of hydrogen-bond donors (Lipinski definition) is 14. The zero-order valence-corrected chi connectivity index (χ0v) is 62.2. The molecule has 15 atom stereocenters. The molecule has 5 aliphatic heterocycles. The first-order chi connectivity index (χ1) is 53.2. The van der Waals surface area contributed by atoms with Crippen LogP contribution in [0.2, 0.25) is 0 Å². The third kappa shape index (κ3) is 20.9. The number of nitrogens with zero attached hydrogens (tertiary/aromatic N) is 2. The molecule has 3 aromatic heterocycles. The van der Waals surface area contributed by atoms with Gasteiger partial charge in [0.05, 0.1) is 102 Å². The SMILES string of the molecule is OCC1O[C@@H](SCCOCCOCCOc2ccc(-c3c4nc(c(-c5ccc(OCCOCCCSC6OC(CO)[C@@H](O)[C@H](O)[C@H]6O)cc5)c5ccc([nH]5)c(-c5ccc(OCCOCCOCCSC6OC(CO)[C@@H](O)[C@H](O)[C@H]6O)cc5)c5nc(c(-c6ccccc6)c6ccc3[nH]6)C=C5)C=C4)cc2)[C@@H](O)[C@@H](O)C1O. The molecule has 586 valence electrons. The lowest BCUT2D eigenvalue weighted by Crippen LogP contribution is -2.57. The van der Waals surface area contributed by atoms with E-state index in [9.17, 15) is 61.3 Å². The summed E-state index contributed by atoms with van der Waals surface area (Å²) in [4.78, 5) is 18.6. The van der Waals surface area contributed by atoms with Crippen molar-refractivity contribution in [3.63, 3.8) is 0 Å². The Kier molecular flexibility index (Phi) is 30.4. The Labute approximate surface area is 642 Å². The van der Waals surface area contributed by atoms with Crippen molar-refractivity contribution in [3.8, 4) is 61.8 Å². The smallest absolute Gasteiger partial charge is 0.132 e. The number of aliphatic hydroxyl groups is 12. The van der Waals surface area contributed by atoms with Gasteiger partial charge in [0.2, 0.25) is 0 Å². The van der Waals surface area contributed by atoms with E-state index in [-0.39, 0.29) is 19.8 Å². The molecular formula is C79H94N4O23S3. The van der Waals surface area contributed by atoms with E-state index in [0.29, 0.717) is 118 Å². The minimum absolute atomic E-state index is 0.271. The monoisotopic (exact) mass is 1560 g/mol. The highest BCUT2D eigenvalue weighted by molar-refractivity contribution is 8.00. The molecule has 6 unspecified atom stereocenters. The van der Waals surface area contributed by atoms with Crippen LogP contribution in [0, 0.1) is 0 Å². The zero-order chi connectivity index (χ0) is 76.2. The van der Waals surface area contributed by atoms with Crippen LogP contribution < -0.4 is 14.2 Å². The van der Waals surface area contributed by atoms with Crippen LogP contribution in [-0.2, 0) is 37.9 Å². The summed E-state index contributed by atoms with van der Waals surface area (Å²) in [5, 5.41) is 120. The highest BCUT2D eigenvalue weighted by Gasteiger charge is 2.46. The number of aromatic nitrogens is 4. The maximum atomic E-state index is 10.4. The molecule has 0 saturated carbocycles. The lowest BCUT2D eigenvalue weighted by Gasteiger charge is -2.39. The summed E-state index contributed by atoms with van der Waals surface area (Å²) in [6, 6.07) is 41.9. The van der Waals surface area contributed by atoms with Crippen molar-refractivity contribution in [2.24, 2.45) is 0 Å². The molecule has 7 aromatic rings. The number of nitrogens with one attached hydrogen (secondary N) is 2. The molecule has 8 heterocycles. The first-order valence-electron chi connectivity index (χ1n) is 36.3. The van der Waals surface area contributed by atoms with Gasteiger partial charge in [-0.05, 0) is 119 Å². The Morgan fingerprint density at radius 3 is 0.908 bits per heavy atom. The molecule has 0 amide bonds. The number of ether oxygens (including phenoxy) is 11. The van der Waals surface area contributed by atoms with Crippen molar-refractivity contribution >= 4 is 81.7 Å². The molecule has 8 bridgehead atoms. The Balaban J connectivity index is 0.763. The minimum Gasteiger partial charge on any atom is -0.491 e. The second kappa shape index (κ2) is 40.5. The van der Waals surface area contributed by atoms with E-state index < -0.39 is 109 Å². The number of rotatable bonds is 38. The Morgan fingerprint density at radius 2 is 0.587 bits per heavy atom. The first-order valence-corrected chi connectivity index (χ1v) is 39.4. The van der Waals surface area contributed by atoms with Gasteiger partial charge in [-0.15, -0.1) is 35.3 Å². The molecule has 4 aromatic carbocycles. The Morgan fingerprint density at radius 1 is 0.303 bits per heavy atom. The second-order valence-corrected chi connectivity index (χ2v) is 29.7. The molecule has 0 aliphatic carbocycles. The van der Waals surface area contributed by atoms with Gasteiger partial charge in [-0.2, -0.15) is 0 Å². The van der Waals surface area contributed by atoms with Gasteiger partial charge in [0.15, 0.2) is 0 Å². The van der Waals surface area contributed by atoms with Gasteiger partial charge < -0.3 is 123 Å². The summed E-state index contributed by atoms with van der Waals surface area (Å²) in [7, 11) is 0. The Hall–Kier alpha value is -6.87. The fourth-order valence-electron chi connectivity index (χ4n) is 13.0. The van der Waals surface area contributed by atoms with Gasteiger partial charge in [0, 0.05) is 62.4 Å². The maximum Gasteiger partial charge on any atom is 0.132 e. The molecular weight excluding hydrogens is 1470 g/mol. The van der Waals surface area contributed by atoms with Crippen molar-refractivity contribution in [2.75, 3.05) is 123 Å². The highest BCUT2D eigenvalue weighted by atomic mass is 32.2. The number of aromatic amines is 2. The minimum atomic E-state index is -1.43. The van der Waals surface area contributed by atoms with Gasteiger partial charge in [-0.1, -0.05) is 66.7 Å². The average molecular weight is 1560 g/mol. The van der Waals surface area contributed by atoms with E-state index in [1.807, 2.05) is 115 Å². The van der Waals surface area contributed by atoms with Gasteiger partial charge in [-0.3, -0.25) is 0 Å². The van der Waals surface area contributed by atoms with Crippen LogP contribution in [0.5, 0.6) is 17.2 Å². The van der Waals surface area contributed by atoms with Crippen molar-refractivity contribution in [1.29, 1.82) is 0 Å². The van der Waals surface area contributed by atoms with Gasteiger partial charge in [-0.25, -0.2) is 9.97 Å². The second-order valence-electron chi connectivity index (χ2n) is 26.1. The van der Waals surface area contributed by atoms with Crippen molar-refractivity contribution in [3.05, 3.63) is 150 Å². The molecule has 30 heteroatoms. The summed E-state index contributed by atoms with van der Waals surface area (Å²) in [6.07, 6.45) is -6.61. The topological polar surface area (TPSA) is 402 Å². The van der Waals surface area contributed by atoms with E-state index in [4.69, 9.17) is 62.1 Å². The zero-order valence-electron chi connectivity index (χ0n) is 59.7. The molecule has 5 aliphatic rings. The number of H-pyrrole nitrogens is 2. The normalized spacial score (nSPS) is 24.7. The fourth-order valence-corrected chi connectivity index (χ4v) is 16.2. The number of hydrogen-bond acceptors (Lipinski definition) is 28. The predicted molar refractivity (Wildman–Crippen MR) is 414 cm³/mol. The van der Waals surface area contributed by atoms with Crippen molar-refractivity contribution in [1.82, 2.24) is 19.9 Å². The van der Waals surface area contributed by atoms with Gasteiger partial charge >= 0.3 is 0 Å². The van der Waals surface area contributed by atoms with Crippen LogP contribution in [0.4, 0.5) is 0 Å². The van der Waals surface area contributed by atoms with E-state index in [2.05, 4.69) is 46.4 Å². The fraction of sp³-hybridized carbons (Fsp3) is 0.443. The number of fused-ring (bicyclic) bond motifs is 8. The van der Waals surface area contributed by atoms with E-state index in [0.717, 1.165) is 78.0 Å². The molecule has 109 heavy (non-hydrogen) atoms. The average Bonchev–Trinajstić information content (AvgIpc) is 1.61. The molecule has 14 N–H and O–H groups in total. The number of thioether (sulfide) groups is 3. The van der Waals surface area contributed by atoms with E-state index >= 15 is 0 Å². The lowest BCUT2D eigenvalue weighted by atomic mass is 10.0. The first kappa shape index (κ1) is 81.6. The highest BCUT2D eigenvalue weighted by Crippen LogP contribution is 2.41.